The standard InChI is InChI=1S/C22H22N2O6S/c1-15-5-10-20(16(2)12-15)24-21(25)14-30-22(26)17-6-8-19(9-7-17)31(27,28)23-13-18-4-3-11-29-18/h3-12,23H,13-14H2,1-2H3,(H,24,25). The summed E-state index contributed by atoms with van der Waals surface area (Å²) in [4.78, 5) is 24.2. The van der Waals surface area contributed by atoms with E-state index in [1.807, 2.05) is 26.0 Å². The Morgan fingerprint density at radius 1 is 1.03 bits per heavy atom. The first-order valence-electron chi connectivity index (χ1n) is 9.41. The molecule has 31 heavy (non-hydrogen) atoms. The Hall–Kier alpha value is -3.43. The van der Waals surface area contributed by atoms with Crippen LogP contribution in [0.3, 0.4) is 0 Å². The fourth-order valence-corrected chi connectivity index (χ4v) is 3.78. The van der Waals surface area contributed by atoms with Crippen molar-refractivity contribution in [1.29, 1.82) is 0 Å². The van der Waals surface area contributed by atoms with Gasteiger partial charge in [0.05, 0.1) is 23.3 Å². The highest BCUT2D eigenvalue weighted by atomic mass is 32.2. The maximum Gasteiger partial charge on any atom is 0.338 e. The summed E-state index contributed by atoms with van der Waals surface area (Å²) < 4.78 is 37.2. The largest absolute Gasteiger partial charge is 0.468 e. The maximum atomic E-state index is 12.3. The van der Waals surface area contributed by atoms with Gasteiger partial charge in [-0.05, 0) is 61.9 Å². The molecule has 9 heteroatoms. The molecule has 0 radical (unpaired) electrons. The van der Waals surface area contributed by atoms with Crippen molar-refractivity contribution in [3.05, 3.63) is 83.3 Å². The van der Waals surface area contributed by atoms with Gasteiger partial charge in [-0.25, -0.2) is 17.9 Å². The minimum absolute atomic E-state index is 0.00863. The number of sulfonamides is 1. The summed E-state index contributed by atoms with van der Waals surface area (Å²) in [6.45, 7) is 3.37. The van der Waals surface area contributed by atoms with Gasteiger partial charge in [0, 0.05) is 5.69 Å². The molecule has 0 bridgehead atoms. The number of rotatable bonds is 8. The van der Waals surface area contributed by atoms with Gasteiger partial charge in [0.25, 0.3) is 5.91 Å². The molecule has 8 nitrogen and oxygen atoms in total. The lowest BCUT2D eigenvalue weighted by atomic mass is 10.1. The van der Waals surface area contributed by atoms with Crippen LogP contribution in [0.25, 0.3) is 0 Å². The van der Waals surface area contributed by atoms with Crippen molar-refractivity contribution < 1.29 is 27.2 Å². The quantitative estimate of drug-likeness (QED) is 0.518. The summed E-state index contributed by atoms with van der Waals surface area (Å²) in [5, 5.41) is 2.69. The molecule has 0 fully saturated rings. The molecule has 2 aromatic carbocycles. The molecule has 1 aromatic heterocycles. The van der Waals surface area contributed by atoms with Crippen LogP contribution < -0.4 is 10.0 Å². The molecular weight excluding hydrogens is 420 g/mol. The van der Waals surface area contributed by atoms with Crippen molar-refractivity contribution in [2.75, 3.05) is 11.9 Å². The third-order valence-corrected chi connectivity index (χ3v) is 5.82. The van der Waals surface area contributed by atoms with Crippen LogP contribution in [0.2, 0.25) is 0 Å². The summed E-state index contributed by atoms with van der Waals surface area (Å²) in [5.41, 5.74) is 2.74. The molecule has 0 atom stereocenters. The molecule has 0 spiro atoms. The van der Waals surface area contributed by atoms with Crippen molar-refractivity contribution >= 4 is 27.6 Å². The fraction of sp³-hybridized carbons (Fsp3) is 0.182. The van der Waals surface area contributed by atoms with Crippen molar-refractivity contribution in [2.45, 2.75) is 25.3 Å². The van der Waals surface area contributed by atoms with Crippen LogP contribution in [-0.4, -0.2) is 26.9 Å². The lowest BCUT2D eigenvalue weighted by molar-refractivity contribution is -0.119. The SMILES string of the molecule is Cc1ccc(NC(=O)COC(=O)c2ccc(S(=O)(=O)NCc3ccco3)cc2)c(C)c1. The average Bonchev–Trinajstić information content (AvgIpc) is 3.26. The van der Waals surface area contributed by atoms with E-state index in [9.17, 15) is 18.0 Å². The number of amides is 1. The number of carbonyl (C=O) groups excluding carboxylic acids is 2. The molecule has 0 saturated carbocycles. The first-order valence-corrected chi connectivity index (χ1v) is 10.9. The number of carbonyl (C=O) groups is 2. The highest BCUT2D eigenvalue weighted by Crippen LogP contribution is 2.16. The highest BCUT2D eigenvalue weighted by molar-refractivity contribution is 7.89. The van der Waals surface area contributed by atoms with E-state index >= 15 is 0 Å². The van der Waals surface area contributed by atoms with E-state index < -0.39 is 28.5 Å². The Morgan fingerprint density at radius 3 is 2.42 bits per heavy atom. The second-order valence-corrected chi connectivity index (χ2v) is 8.64. The molecule has 0 aliphatic heterocycles. The second kappa shape index (κ2) is 9.59. The second-order valence-electron chi connectivity index (χ2n) is 6.87. The van der Waals surface area contributed by atoms with E-state index in [1.165, 1.54) is 30.5 Å². The van der Waals surface area contributed by atoms with Gasteiger partial charge >= 0.3 is 5.97 Å². The van der Waals surface area contributed by atoms with Gasteiger partial charge in [-0.3, -0.25) is 4.79 Å². The number of aryl methyl sites for hydroxylation is 2. The van der Waals surface area contributed by atoms with Crippen molar-refractivity contribution in [2.24, 2.45) is 0 Å². The molecule has 162 valence electrons. The van der Waals surface area contributed by atoms with Crippen LogP contribution in [0.5, 0.6) is 0 Å². The van der Waals surface area contributed by atoms with Gasteiger partial charge in [-0.15, -0.1) is 0 Å². The molecule has 0 unspecified atom stereocenters. The Morgan fingerprint density at radius 2 is 1.77 bits per heavy atom. The van der Waals surface area contributed by atoms with E-state index in [1.54, 1.807) is 18.2 Å². The smallest absolute Gasteiger partial charge is 0.338 e. The summed E-state index contributed by atoms with van der Waals surface area (Å²) in [6, 6.07) is 14.1. The highest BCUT2D eigenvalue weighted by Gasteiger charge is 2.16. The molecule has 1 heterocycles. The summed E-state index contributed by atoms with van der Waals surface area (Å²) in [7, 11) is -3.77. The zero-order chi connectivity index (χ0) is 22.4. The first-order chi connectivity index (χ1) is 14.7. The van der Waals surface area contributed by atoms with Gasteiger partial charge in [-0.1, -0.05) is 17.7 Å². The summed E-state index contributed by atoms with van der Waals surface area (Å²) >= 11 is 0. The average molecular weight is 442 g/mol. The van der Waals surface area contributed by atoms with Crippen LogP contribution in [0, 0.1) is 13.8 Å². The van der Waals surface area contributed by atoms with Crippen LogP contribution >= 0.6 is 0 Å². The Balaban J connectivity index is 1.54. The van der Waals surface area contributed by atoms with E-state index in [0.717, 1.165) is 11.1 Å². The first kappa shape index (κ1) is 22.3. The third-order valence-electron chi connectivity index (χ3n) is 4.41. The number of furan rings is 1. The van der Waals surface area contributed by atoms with Crippen LogP contribution in [-0.2, 0) is 26.1 Å². The molecular formula is C22H22N2O6S. The fourth-order valence-electron chi connectivity index (χ4n) is 2.79. The number of ether oxygens (including phenoxy) is 1. The Labute approximate surface area is 180 Å². The number of esters is 1. The Kier molecular flexibility index (Phi) is 6.88. The number of hydrogen-bond acceptors (Lipinski definition) is 6. The summed E-state index contributed by atoms with van der Waals surface area (Å²) in [6.07, 6.45) is 1.45. The predicted octanol–water partition coefficient (Wildman–Crippen LogP) is 3.17. The van der Waals surface area contributed by atoms with Crippen molar-refractivity contribution in [1.82, 2.24) is 4.72 Å². The third kappa shape index (κ3) is 6.03. The van der Waals surface area contributed by atoms with Gasteiger partial charge in [0.15, 0.2) is 6.61 Å². The molecule has 3 aromatic rings. The number of hydrogen-bond donors (Lipinski definition) is 2. The maximum absolute atomic E-state index is 12.3. The number of anilines is 1. The van der Waals surface area contributed by atoms with Crippen LogP contribution in [0.1, 0.15) is 27.2 Å². The van der Waals surface area contributed by atoms with Crippen LogP contribution in [0.15, 0.2) is 70.2 Å². The molecule has 0 aliphatic carbocycles. The zero-order valence-electron chi connectivity index (χ0n) is 17.0. The molecule has 0 saturated heterocycles. The Bertz CT molecular complexity index is 1170. The lowest BCUT2D eigenvalue weighted by Gasteiger charge is -2.10. The van der Waals surface area contributed by atoms with Gasteiger partial charge in [0.2, 0.25) is 10.0 Å². The molecule has 1 amide bonds. The van der Waals surface area contributed by atoms with Crippen molar-refractivity contribution in [3.8, 4) is 0 Å². The minimum Gasteiger partial charge on any atom is -0.468 e. The summed E-state index contributed by atoms with van der Waals surface area (Å²) in [5.74, 6) is -0.729. The topological polar surface area (TPSA) is 115 Å². The van der Waals surface area contributed by atoms with Gasteiger partial charge in [0.1, 0.15) is 5.76 Å². The zero-order valence-corrected chi connectivity index (χ0v) is 17.9. The molecule has 3 rings (SSSR count). The van der Waals surface area contributed by atoms with E-state index in [4.69, 9.17) is 9.15 Å². The van der Waals surface area contributed by atoms with E-state index in [2.05, 4.69) is 10.0 Å². The molecule has 0 aliphatic rings. The number of benzene rings is 2. The predicted molar refractivity (Wildman–Crippen MR) is 114 cm³/mol. The van der Waals surface area contributed by atoms with E-state index in [-0.39, 0.29) is 17.0 Å². The molecule has 2 N–H and O–H groups in total. The van der Waals surface area contributed by atoms with Gasteiger partial charge in [-0.2, -0.15) is 0 Å². The lowest BCUT2D eigenvalue weighted by Crippen LogP contribution is -2.23. The van der Waals surface area contributed by atoms with Crippen LogP contribution in [0.4, 0.5) is 5.69 Å². The minimum atomic E-state index is -3.77. The van der Waals surface area contributed by atoms with Gasteiger partial charge < -0.3 is 14.5 Å². The van der Waals surface area contributed by atoms with Crippen molar-refractivity contribution in [3.63, 3.8) is 0 Å². The van der Waals surface area contributed by atoms with E-state index in [0.29, 0.717) is 11.4 Å². The monoisotopic (exact) mass is 442 g/mol. The normalized spacial score (nSPS) is 11.2. The number of nitrogens with one attached hydrogen (secondary N) is 2.